The van der Waals surface area contributed by atoms with Crippen LogP contribution in [0.2, 0.25) is 0 Å². The number of rotatable bonds is 2. The zero-order valence-electron chi connectivity index (χ0n) is 10.8. The van der Waals surface area contributed by atoms with E-state index in [1.165, 1.54) is 4.80 Å². The summed E-state index contributed by atoms with van der Waals surface area (Å²) in [6.07, 6.45) is 0. The van der Waals surface area contributed by atoms with Crippen LogP contribution >= 0.6 is 0 Å². The minimum Gasteiger partial charge on any atom is -0.285 e. The van der Waals surface area contributed by atoms with Crippen LogP contribution in [0, 0.1) is 5.92 Å². The Labute approximate surface area is 110 Å². The molecule has 0 radical (unpaired) electrons. The van der Waals surface area contributed by atoms with Crippen molar-refractivity contribution in [2.24, 2.45) is 5.92 Å². The van der Waals surface area contributed by atoms with Crippen molar-refractivity contribution >= 4 is 11.6 Å². The van der Waals surface area contributed by atoms with E-state index in [9.17, 15) is 9.59 Å². The summed E-state index contributed by atoms with van der Waals surface area (Å²) in [5, 5.41) is 8.51. The van der Waals surface area contributed by atoms with Crippen LogP contribution in [0.4, 0.5) is 0 Å². The first-order chi connectivity index (χ1) is 9.08. The second-order valence-corrected chi connectivity index (χ2v) is 5.05. The van der Waals surface area contributed by atoms with Crippen LogP contribution in [-0.4, -0.2) is 26.6 Å². The van der Waals surface area contributed by atoms with E-state index in [0.29, 0.717) is 29.3 Å². The quantitative estimate of drug-likeness (QED) is 0.770. The maximum Gasteiger partial charge on any atom is 0.256 e. The van der Waals surface area contributed by atoms with Crippen molar-refractivity contribution in [3.8, 4) is 11.3 Å². The van der Waals surface area contributed by atoms with Crippen LogP contribution in [0.5, 0.6) is 0 Å². The van der Waals surface area contributed by atoms with Gasteiger partial charge in [0.1, 0.15) is 5.69 Å². The molecule has 2 aromatic rings. The van der Waals surface area contributed by atoms with Crippen LogP contribution in [0.15, 0.2) is 24.3 Å². The van der Waals surface area contributed by atoms with Gasteiger partial charge in [-0.25, -0.2) is 0 Å². The molecule has 0 saturated heterocycles. The number of hydrogen-bond donors (Lipinski definition) is 0. The Bertz CT molecular complexity index is 686. The molecule has 0 saturated carbocycles. The fraction of sp³-hybridized carbons (Fsp3) is 0.286. The Hall–Kier alpha value is -2.30. The molecule has 0 spiro atoms. The predicted molar refractivity (Wildman–Crippen MR) is 69.0 cm³/mol. The van der Waals surface area contributed by atoms with E-state index in [1.807, 2.05) is 19.9 Å². The van der Waals surface area contributed by atoms with E-state index in [1.54, 1.807) is 18.2 Å². The van der Waals surface area contributed by atoms with Crippen LogP contribution in [-0.2, 0) is 6.54 Å². The van der Waals surface area contributed by atoms with Gasteiger partial charge in [0.05, 0.1) is 6.54 Å². The Morgan fingerprint density at radius 3 is 2.32 bits per heavy atom. The Morgan fingerprint density at radius 2 is 1.63 bits per heavy atom. The van der Waals surface area contributed by atoms with Gasteiger partial charge in [0.15, 0.2) is 5.69 Å². The molecule has 0 unspecified atom stereocenters. The van der Waals surface area contributed by atoms with Gasteiger partial charge in [0.2, 0.25) is 5.78 Å². The average molecular weight is 255 g/mol. The van der Waals surface area contributed by atoms with Crippen LogP contribution in [0.1, 0.15) is 34.7 Å². The highest BCUT2D eigenvalue weighted by molar-refractivity contribution is 6.52. The number of aromatic nitrogens is 3. The number of benzene rings is 1. The lowest BCUT2D eigenvalue weighted by molar-refractivity contribution is 0.0812. The molecule has 3 rings (SSSR count). The topological polar surface area (TPSA) is 64.8 Å². The summed E-state index contributed by atoms with van der Waals surface area (Å²) in [7, 11) is 0. The van der Waals surface area contributed by atoms with Crippen molar-refractivity contribution < 1.29 is 9.59 Å². The van der Waals surface area contributed by atoms with Crippen molar-refractivity contribution in [3.63, 3.8) is 0 Å². The number of fused-ring (bicyclic) bond motifs is 3. The largest absolute Gasteiger partial charge is 0.285 e. The van der Waals surface area contributed by atoms with Crippen molar-refractivity contribution in [1.82, 2.24) is 15.0 Å². The van der Waals surface area contributed by atoms with Crippen molar-refractivity contribution in [2.45, 2.75) is 20.4 Å². The highest BCUT2D eigenvalue weighted by Crippen LogP contribution is 2.30. The lowest BCUT2D eigenvalue weighted by Gasteiger charge is -2.10. The van der Waals surface area contributed by atoms with E-state index in [2.05, 4.69) is 10.2 Å². The monoisotopic (exact) mass is 255 g/mol. The molecule has 5 heteroatoms. The van der Waals surface area contributed by atoms with Crippen LogP contribution in [0.25, 0.3) is 11.3 Å². The number of hydrogen-bond acceptors (Lipinski definition) is 4. The normalized spacial score (nSPS) is 13.6. The first-order valence-corrected chi connectivity index (χ1v) is 6.21. The molecular weight excluding hydrogens is 242 g/mol. The van der Waals surface area contributed by atoms with Gasteiger partial charge in [0.25, 0.3) is 5.78 Å². The van der Waals surface area contributed by atoms with Gasteiger partial charge in [-0.3, -0.25) is 9.59 Å². The minimum atomic E-state index is -0.566. The van der Waals surface area contributed by atoms with Crippen LogP contribution in [0.3, 0.4) is 0 Å². The van der Waals surface area contributed by atoms with Gasteiger partial charge in [-0.1, -0.05) is 38.1 Å². The standard InChI is InChI=1S/C14H13N3O2/c1-8(2)7-17-15-11-9-5-3-4-6-10(9)13(18)14(19)12(11)16-17/h3-6,8H,7H2,1-2H3. The molecule has 0 fully saturated rings. The van der Waals surface area contributed by atoms with E-state index in [-0.39, 0.29) is 5.69 Å². The zero-order chi connectivity index (χ0) is 13.6. The summed E-state index contributed by atoms with van der Waals surface area (Å²) in [6.45, 7) is 4.71. The summed E-state index contributed by atoms with van der Waals surface area (Å²) in [4.78, 5) is 25.5. The Morgan fingerprint density at radius 1 is 1.00 bits per heavy atom. The van der Waals surface area contributed by atoms with Gasteiger partial charge < -0.3 is 0 Å². The third-order valence-corrected chi connectivity index (χ3v) is 3.03. The highest BCUT2D eigenvalue weighted by atomic mass is 16.2. The van der Waals surface area contributed by atoms with E-state index < -0.39 is 11.6 Å². The number of carbonyl (C=O) groups excluding carboxylic acids is 2. The number of carbonyl (C=O) groups is 2. The fourth-order valence-electron chi connectivity index (χ4n) is 2.21. The second-order valence-electron chi connectivity index (χ2n) is 5.05. The third kappa shape index (κ3) is 1.78. The lowest BCUT2D eigenvalue weighted by atomic mass is 9.90. The molecule has 1 aromatic heterocycles. The molecule has 0 atom stereocenters. The van der Waals surface area contributed by atoms with Gasteiger partial charge in [-0.2, -0.15) is 9.90 Å². The Balaban J connectivity index is 2.18. The van der Waals surface area contributed by atoms with E-state index >= 15 is 0 Å². The molecule has 0 bridgehead atoms. The van der Waals surface area contributed by atoms with Gasteiger partial charge in [-0.15, -0.1) is 5.10 Å². The van der Waals surface area contributed by atoms with Crippen LogP contribution < -0.4 is 0 Å². The lowest BCUT2D eigenvalue weighted by Crippen LogP contribution is -2.21. The number of ketones is 2. The molecule has 19 heavy (non-hydrogen) atoms. The summed E-state index contributed by atoms with van der Waals surface area (Å²) >= 11 is 0. The molecule has 96 valence electrons. The molecular formula is C14H13N3O2. The molecule has 1 aliphatic rings. The summed E-state index contributed by atoms with van der Waals surface area (Å²) in [5.74, 6) is -0.696. The number of Topliss-reactive ketones (excluding diaryl/α,β-unsaturated/α-hetero) is 2. The summed E-state index contributed by atoms with van der Waals surface area (Å²) in [5.41, 5.74) is 1.79. The molecule has 0 aliphatic heterocycles. The molecule has 0 amide bonds. The van der Waals surface area contributed by atoms with Crippen molar-refractivity contribution in [1.29, 1.82) is 0 Å². The van der Waals surface area contributed by atoms with Crippen molar-refractivity contribution in [2.75, 3.05) is 0 Å². The Kier molecular flexibility index (Phi) is 2.55. The molecule has 5 nitrogen and oxygen atoms in total. The molecule has 1 aliphatic carbocycles. The maximum atomic E-state index is 12.0. The van der Waals surface area contributed by atoms with E-state index in [0.717, 1.165) is 0 Å². The summed E-state index contributed by atoms with van der Waals surface area (Å²) in [6, 6.07) is 7.02. The fourth-order valence-corrected chi connectivity index (χ4v) is 2.21. The van der Waals surface area contributed by atoms with Gasteiger partial charge in [0, 0.05) is 11.1 Å². The highest BCUT2D eigenvalue weighted by Gasteiger charge is 2.34. The molecule has 0 N–H and O–H groups in total. The smallest absolute Gasteiger partial charge is 0.256 e. The second kappa shape index (κ2) is 4.12. The number of nitrogens with zero attached hydrogens (tertiary/aromatic N) is 3. The van der Waals surface area contributed by atoms with Crippen molar-refractivity contribution in [3.05, 3.63) is 35.5 Å². The van der Waals surface area contributed by atoms with E-state index in [4.69, 9.17) is 0 Å². The zero-order valence-corrected chi connectivity index (χ0v) is 10.8. The molecule has 1 heterocycles. The van der Waals surface area contributed by atoms with Gasteiger partial charge in [-0.05, 0) is 5.92 Å². The minimum absolute atomic E-state index is 0.171. The average Bonchev–Trinajstić information content (AvgIpc) is 2.79. The molecule has 1 aromatic carbocycles. The predicted octanol–water partition coefficient (Wildman–Crippen LogP) is 1.98. The first kappa shape index (κ1) is 11.8. The maximum absolute atomic E-state index is 12.0. The SMILES string of the molecule is CC(C)Cn1nc2c(n1)-c1ccccc1C(=O)C2=O. The summed E-state index contributed by atoms with van der Waals surface area (Å²) < 4.78 is 0. The first-order valence-electron chi connectivity index (χ1n) is 6.21. The third-order valence-electron chi connectivity index (χ3n) is 3.03. The van der Waals surface area contributed by atoms with Gasteiger partial charge >= 0.3 is 0 Å².